The van der Waals surface area contributed by atoms with Crippen molar-refractivity contribution in [2.24, 2.45) is 0 Å². The molecule has 10 heteroatoms. The zero-order chi connectivity index (χ0) is 21.9. The summed E-state index contributed by atoms with van der Waals surface area (Å²) < 4.78 is 13.0. The average Bonchev–Trinajstić information content (AvgIpc) is 3.55. The van der Waals surface area contributed by atoms with Gasteiger partial charge in [-0.3, -0.25) is 4.79 Å². The fraction of sp³-hybridized carbons (Fsp3) is 0.409. The molecule has 1 fully saturated rings. The molecule has 1 N–H and O–H groups in total. The summed E-state index contributed by atoms with van der Waals surface area (Å²) in [6.07, 6.45) is 6.73. The van der Waals surface area contributed by atoms with Crippen molar-refractivity contribution in [3.8, 4) is 11.5 Å². The second-order valence-corrected chi connectivity index (χ2v) is 10.2. The number of thiophene rings is 1. The summed E-state index contributed by atoms with van der Waals surface area (Å²) in [5.74, 6) is 2.19. The number of nitrogens with one attached hydrogen (secondary N) is 1. The Morgan fingerprint density at radius 2 is 2.03 bits per heavy atom. The van der Waals surface area contributed by atoms with E-state index in [1.54, 1.807) is 23.5 Å². The van der Waals surface area contributed by atoms with Crippen molar-refractivity contribution in [1.82, 2.24) is 14.8 Å². The number of hydrogen-bond donors (Lipinski definition) is 1. The van der Waals surface area contributed by atoms with Crippen molar-refractivity contribution < 1.29 is 14.3 Å². The van der Waals surface area contributed by atoms with Crippen LogP contribution in [0, 0.1) is 0 Å². The highest BCUT2D eigenvalue weighted by Crippen LogP contribution is 2.39. The van der Waals surface area contributed by atoms with Crippen LogP contribution in [0.25, 0.3) is 0 Å². The molecule has 1 aliphatic heterocycles. The van der Waals surface area contributed by atoms with Gasteiger partial charge >= 0.3 is 0 Å². The maximum atomic E-state index is 12.7. The highest BCUT2D eigenvalue weighted by Gasteiger charge is 2.24. The van der Waals surface area contributed by atoms with Crippen LogP contribution in [-0.2, 0) is 11.2 Å². The fourth-order valence-electron chi connectivity index (χ4n) is 4.13. The zero-order valence-corrected chi connectivity index (χ0v) is 19.8. The van der Waals surface area contributed by atoms with Crippen molar-refractivity contribution in [2.45, 2.75) is 49.7 Å². The summed E-state index contributed by atoms with van der Waals surface area (Å²) in [7, 11) is 0. The summed E-state index contributed by atoms with van der Waals surface area (Å²) in [5.41, 5.74) is 0.508. The molecule has 0 unspecified atom stereocenters. The van der Waals surface area contributed by atoms with E-state index in [1.165, 1.54) is 35.9 Å². The van der Waals surface area contributed by atoms with Gasteiger partial charge in [-0.25, -0.2) is 0 Å². The topological polar surface area (TPSA) is 78.3 Å². The molecule has 168 valence electrons. The normalized spacial score (nSPS) is 15.8. The summed E-state index contributed by atoms with van der Waals surface area (Å²) in [6.45, 7) is 0.156. The van der Waals surface area contributed by atoms with E-state index in [0.717, 1.165) is 30.2 Å². The van der Waals surface area contributed by atoms with Gasteiger partial charge in [0.25, 0.3) is 0 Å². The van der Waals surface area contributed by atoms with Gasteiger partial charge in [0.05, 0.1) is 16.5 Å². The van der Waals surface area contributed by atoms with Gasteiger partial charge < -0.3 is 19.4 Å². The smallest absolute Gasteiger partial charge is 0.234 e. The molecule has 1 aromatic carbocycles. The Labute approximate surface area is 199 Å². The minimum Gasteiger partial charge on any atom is -0.454 e. The molecular weight excluding hydrogens is 468 g/mol. The molecule has 2 aliphatic rings. The van der Waals surface area contributed by atoms with Crippen molar-refractivity contribution >= 4 is 46.3 Å². The third kappa shape index (κ3) is 4.74. The average molecular weight is 491 g/mol. The number of fused-ring (bicyclic) bond motifs is 1. The number of thioether (sulfide) groups is 1. The van der Waals surface area contributed by atoms with Crippen LogP contribution < -0.4 is 14.8 Å². The van der Waals surface area contributed by atoms with Crippen LogP contribution in [0.1, 0.15) is 48.8 Å². The van der Waals surface area contributed by atoms with E-state index >= 15 is 0 Å². The Morgan fingerprint density at radius 1 is 1.22 bits per heavy atom. The number of anilines is 1. The van der Waals surface area contributed by atoms with Gasteiger partial charge in [0.2, 0.25) is 12.7 Å². The molecule has 0 saturated heterocycles. The van der Waals surface area contributed by atoms with E-state index in [-0.39, 0.29) is 18.5 Å². The lowest BCUT2D eigenvalue weighted by molar-refractivity contribution is -0.113. The Hall–Kier alpha value is -2.23. The first-order valence-electron chi connectivity index (χ1n) is 10.7. The first kappa shape index (κ1) is 21.6. The number of hydrogen-bond acceptors (Lipinski definition) is 7. The number of carbonyl (C=O) groups excluding carboxylic acids is 1. The van der Waals surface area contributed by atoms with E-state index in [0.29, 0.717) is 28.3 Å². The van der Waals surface area contributed by atoms with Gasteiger partial charge in [0.15, 0.2) is 16.7 Å². The van der Waals surface area contributed by atoms with E-state index < -0.39 is 0 Å². The predicted molar refractivity (Wildman–Crippen MR) is 126 cm³/mol. The number of rotatable bonds is 7. The standard InChI is InChI=1S/C22H23ClN4O3S2/c23-16-10-18-19(30-13-29-18)11-17(16)24-21(28)12-32-22-26-25-20(9-15-7-4-8-31-15)27(22)14-5-2-1-3-6-14/h4,7-8,10-11,14H,1-3,5-6,9,12-13H2,(H,24,28). The molecular formula is C22H23ClN4O3S2. The molecule has 3 aromatic rings. The van der Waals surface area contributed by atoms with Crippen LogP contribution in [0.5, 0.6) is 11.5 Å². The summed E-state index contributed by atoms with van der Waals surface area (Å²) in [4.78, 5) is 13.9. The number of nitrogens with zero attached hydrogens (tertiary/aromatic N) is 3. The molecule has 32 heavy (non-hydrogen) atoms. The van der Waals surface area contributed by atoms with Crippen LogP contribution in [0.4, 0.5) is 5.69 Å². The Balaban J connectivity index is 1.29. The lowest BCUT2D eigenvalue weighted by Gasteiger charge is -2.25. The van der Waals surface area contributed by atoms with Crippen molar-refractivity contribution in [2.75, 3.05) is 17.9 Å². The van der Waals surface area contributed by atoms with Gasteiger partial charge in [-0.1, -0.05) is 48.7 Å². The summed E-state index contributed by atoms with van der Waals surface area (Å²) in [5, 5.41) is 15.1. The zero-order valence-electron chi connectivity index (χ0n) is 17.4. The van der Waals surface area contributed by atoms with E-state index in [4.69, 9.17) is 21.1 Å². The molecule has 2 aromatic heterocycles. The first-order chi connectivity index (χ1) is 15.7. The molecule has 1 amide bonds. The number of carbonyl (C=O) groups is 1. The number of halogens is 1. The van der Waals surface area contributed by atoms with Crippen LogP contribution in [0.3, 0.4) is 0 Å². The fourth-order valence-corrected chi connectivity index (χ4v) is 5.86. The first-order valence-corrected chi connectivity index (χ1v) is 12.9. The molecule has 7 nitrogen and oxygen atoms in total. The Morgan fingerprint density at radius 3 is 2.81 bits per heavy atom. The summed E-state index contributed by atoms with van der Waals surface area (Å²) >= 11 is 9.43. The van der Waals surface area contributed by atoms with Gasteiger partial charge in [0.1, 0.15) is 5.82 Å². The second-order valence-electron chi connectivity index (χ2n) is 7.84. The van der Waals surface area contributed by atoms with E-state index in [9.17, 15) is 4.79 Å². The third-order valence-electron chi connectivity index (χ3n) is 5.66. The lowest BCUT2D eigenvalue weighted by Crippen LogP contribution is -2.18. The highest BCUT2D eigenvalue weighted by atomic mass is 35.5. The quantitative estimate of drug-likeness (QED) is 0.437. The minimum absolute atomic E-state index is 0.156. The lowest BCUT2D eigenvalue weighted by atomic mass is 9.95. The van der Waals surface area contributed by atoms with Crippen molar-refractivity contribution in [3.63, 3.8) is 0 Å². The van der Waals surface area contributed by atoms with Gasteiger partial charge in [-0.2, -0.15) is 0 Å². The number of amides is 1. The minimum atomic E-state index is -0.159. The van der Waals surface area contributed by atoms with E-state index in [2.05, 4.69) is 37.6 Å². The largest absolute Gasteiger partial charge is 0.454 e. The van der Waals surface area contributed by atoms with E-state index in [1.807, 2.05) is 0 Å². The van der Waals surface area contributed by atoms with Crippen molar-refractivity contribution in [3.05, 3.63) is 45.4 Å². The number of aromatic nitrogens is 3. The molecule has 1 aliphatic carbocycles. The second kappa shape index (κ2) is 9.72. The monoisotopic (exact) mass is 490 g/mol. The van der Waals surface area contributed by atoms with Crippen molar-refractivity contribution in [1.29, 1.82) is 0 Å². The van der Waals surface area contributed by atoms with Crippen LogP contribution in [0.2, 0.25) is 5.02 Å². The maximum Gasteiger partial charge on any atom is 0.234 e. The van der Waals surface area contributed by atoms with Crippen LogP contribution >= 0.6 is 34.7 Å². The van der Waals surface area contributed by atoms with Crippen LogP contribution in [0.15, 0.2) is 34.8 Å². The molecule has 5 rings (SSSR count). The predicted octanol–water partition coefficient (Wildman–Crippen LogP) is 5.55. The van der Waals surface area contributed by atoms with Crippen LogP contribution in [-0.4, -0.2) is 33.2 Å². The van der Waals surface area contributed by atoms with Gasteiger partial charge in [-0.15, -0.1) is 21.5 Å². The summed E-state index contributed by atoms with van der Waals surface area (Å²) in [6, 6.07) is 7.92. The molecule has 1 saturated carbocycles. The molecule has 3 heterocycles. The highest BCUT2D eigenvalue weighted by molar-refractivity contribution is 7.99. The Kier molecular flexibility index (Phi) is 6.56. The number of ether oxygens (including phenoxy) is 2. The molecule has 0 atom stereocenters. The molecule has 0 bridgehead atoms. The van der Waals surface area contributed by atoms with Gasteiger partial charge in [0, 0.05) is 29.5 Å². The Bertz CT molecular complexity index is 1100. The molecule has 0 radical (unpaired) electrons. The third-order valence-corrected chi connectivity index (χ3v) is 7.79. The number of benzene rings is 1. The maximum absolute atomic E-state index is 12.7. The molecule has 0 spiro atoms. The van der Waals surface area contributed by atoms with Gasteiger partial charge in [-0.05, 0) is 24.3 Å². The SMILES string of the molecule is O=C(CSc1nnc(Cc2cccs2)n1C1CCCCC1)Nc1cc2c(cc1Cl)OCO2.